The molecule has 2 aliphatic heterocycles. The zero-order valence-corrected chi connectivity index (χ0v) is 16.7. The van der Waals surface area contributed by atoms with Crippen molar-refractivity contribution in [2.45, 2.75) is 0 Å². The van der Waals surface area contributed by atoms with Crippen LogP contribution < -0.4 is 0 Å². The summed E-state index contributed by atoms with van der Waals surface area (Å²) >= 11 is 0. The lowest BCUT2D eigenvalue weighted by Crippen LogP contribution is -1.85. The van der Waals surface area contributed by atoms with Crippen molar-refractivity contribution in [3.63, 3.8) is 0 Å². The quantitative estimate of drug-likeness (QED) is 0.314. The molecule has 1 aromatic carbocycles. The number of benzene rings is 1. The number of hydrogen-bond donors (Lipinski definition) is 2. The van der Waals surface area contributed by atoms with Gasteiger partial charge in [-0.25, -0.2) is 18.7 Å². The monoisotopic (exact) mass is 422 g/mol. The molecule has 0 atom stereocenters. The summed E-state index contributed by atoms with van der Waals surface area (Å²) in [5.41, 5.74) is 7.07. The zero-order valence-electron chi connectivity index (χ0n) is 16.7. The molecule has 4 nitrogen and oxygen atoms in total. The number of rotatable bonds is 1. The average molecular weight is 422 g/mol. The van der Waals surface area contributed by atoms with Crippen LogP contribution in [0.15, 0.2) is 60.7 Å². The van der Waals surface area contributed by atoms with Crippen molar-refractivity contribution in [3.8, 4) is 11.1 Å². The van der Waals surface area contributed by atoms with E-state index >= 15 is 0 Å². The number of aromatic amines is 2. The van der Waals surface area contributed by atoms with Crippen molar-refractivity contribution in [2.24, 2.45) is 0 Å². The summed E-state index contributed by atoms with van der Waals surface area (Å²) in [6.45, 7) is 0. The van der Waals surface area contributed by atoms with Crippen LogP contribution in [-0.2, 0) is 0 Å². The van der Waals surface area contributed by atoms with E-state index in [2.05, 4.69) is 19.9 Å². The summed E-state index contributed by atoms with van der Waals surface area (Å²) < 4.78 is 28.5. The van der Waals surface area contributed by atoms with Crippen LogP contribution in [0.1, 0.15) is 22.8 Å². The molecule has 0 spiro atoms. The summed E-state index contributed by atoms with van der Waals surface area (Å²) in [6, 6.07) is 16.8. The molecule has 2 N–H and O–H groups in total. The normalized spacial score (nSPS) is 12.4. The van der Waals surface area contributed by atoms with Crippen LogP contribution in [0.5, 0.6) is 0 Å². The second-order valence-corrected chi connectivity index (χ2v) is 7.71. The van der Waals surface area contributed by atoms with Gasteiger partial charge < -0.3 is 9.97 Å². The van der Waals surface area contributed by atoms with E-state index in [0.717, 1.165) is 45.8 Å². The highest BCUT2D eigenvalue weighted by Crippen LogP contribution is 2.30. The third kappa shape index (κ3) is 3.41. The standard InChI is InChI=1S/C26H16F2N4/c27-15-1-8-25(28)23(9-15)24-13-22-12-20-5-4-18(30-20)10-16-2-3-17(29-16)11-19-6-7-21(31-19)14-26(24)32-22/h1-14,30,32H. The van der Waals surface area contributed by atoms with Crippen molar-refractivity contribution < 1.29 is 8.78 Å². The Bertz CT molecular complexity index is 1610. The maximum Gasteiger partial charge on any atom is 0.131 e. The van der Waals surface area contributed by atoms with Crippen LogP contribution >= 0.6 is 0 Å². The SMILES string of the molecule is Fc1ccc(F)c(-c2cc3cc4ccc(cc5nc(cc6nc(cc2[nH]3)C=C6)C=C5)[nH]4)c1. The number of fused-ring (bicyclic) bond motifs is 8. The highest BCUT2D eigenvalue weighted by Gasteiger charge is 2.11. The predicted molar refractivity (Wildman–Crippen MR) is 124 cm³/mol. The van der Waals surface area contributed by atoms with Gasteiger partial charge in [-0.3, -0.25) is 0 Å². The van der Waals surface area contributed by atoms with E-state index in [1.165, 1.54) is 6.07 Å². The van der Waals surface area contributed by atoms with Crippen LogP contribution in [0, 0.1) is 11.6 Å². The lowest BCUT2D eigenvalue weighted by atomic mass is 10.1. The number of hydrogen-bond acceptors (Lipinski definition) is 2. The molecule has 6 heteroatoms. The maximum atomic E-state index is 14.6. The molecule has 2 aliphatic rings. The Kier molecular flexibility index (Phi) is 4.11. The molecule has 0 fully saturated rings. The molecule has 4 aromatic rings. The molecule has 0 aliphatic carbocycles. The third-order valence-corrected chi connectivity index (χ3v) is 5.39. The van der Waals surface area contributed by atoms with Crippen molar-refractivity contribution in [1.82, 2.24) is 19.9 Å². The first kappa shape index (κ1) is 18.4. The van der Waals surface area contributed by atoms with Gasteiger partial charge >= 0.3 is 0 Å². The van der Waals surface area contributed by atoms with Crippen molar-refractivity contribution in [3.05, 3.63) is 95.1 Å². The Balaban J connectivity index is 1.69. The molecule has 6 rings (SSSR count). The van der Waals surface area contributed by atoms with Gasteiger partial charge in [-0.15, -0.1) is 0 Å². The molecule has 0 saturated carbocycles. The van der Waals surface area contributed by atoms with E-state index in [1.807, 2.05) is 66.8 Å². The second kappa shape index (κ2) is 7.13. The summed E-state index contributed by atoms with van der Waals surface area (Å²) in [7, 11) is 0. The van der Waals surface area contributed by atoms with E-state index in [9.17, 15) is 8.78 Å². The van der Waals surface area contributed by atoms with Gasteiger partial charge in [-0.05, 0) is 85.0 Å². The summed E-state index contributed by atoms with van der Waals surface area (Å²) in [4.78, 5) is 15.9. The van der Waals surface area contributed by atoms with E-state index in [4.69, 9.17) is 0 Å². The van der Waals surface area contributed by atoms with E-state index in [0.29, 0.717) is 16.8 Å². The van der Waals surface area contributed by atoms with Crippen LogP contribution in [0.4, 0.5) is 8.78 Å². The van der Waals surface area contributed by atoms with E-state index < -0.39 is 11.6 Å². The molecule has 0 unspecified atom stereocenters. The first-order valence-electron chi connectivity index (χ1n) is 10.1. The minimum Gasteiger partial charge on any atom is -0.355 e. The highest BCUT2D eigenvalue weighted by molar-refractivity contribution is 5.88. The molecule has 5 heterocycles. The summed E-state index contributed by atoms with van der Waals surface area (Å²) in [6.07, 6.45) is 7.68. The lowest BCUT2D eigenvalue weighted by molar-refractivity contribution is 0.603. The fourth-order valence-electron chi connectivity index (χ4n) is 3.94. The Morgan fingerprint density at radius 3 is 1.94 bits per heavy atom. The van der Waals surface area contributed by atoms with Gasteiger partial charge in [-0.2, -0.15) is 0 Å². The lowest BCUT2D eigenvalue weighted by Gasteiger charge is -2.01. The molecule has 3 aromatic heterocycles. The fraction of sp³-hybridized carbons (Fsp3) is 0. The Hall–Kier alpha value is -4.32. The highest BCUT2D eigenvalue weighted by atomic mass is 19.1. The fourth-order valence-corrected chi connectivity index (χ4v) is 3.94. The summed E-state index contributed by atoms with van der Waals surface area (Å²) in [5, 5.41) is 0. The van der Waals surface area contributed by atoms with Gasteiger partial charge in [0.2, 0.25) is 0 Å². The van der Waals surface area contributed by atoms with E-state index in [-0.39, 0.29) is 5.56 Å². The molecular weight excluding hydrogens is 406 g/mol. The van der Waals surface area contributed by atoms with Gasteiger partial charge in [-0.1, -0.05) is 0 Å². The van der Waals surface area contributed by atoms with Crippen LogP contribution in [0.3, 0.4) is 0 Å². The molecule has 8 bridgehead atoms. The van der Waals surface area contributed by atoms with Crippen LogP contribution in [-0.4, -0.2) is 19.9 Å². The van der Waals surface area contributed by atoms with Gasteiger partial charge in [0.15, 0.2) is 0 Å². The van der Waals surface area contributed by atoms with Gasteiger partial charge in [0.25, 0.3) is 0 Å². The Labute approximate surface area is 181 Å². The first-order valence-corrected chi connectivity index (χ1v) is 10.1. The first-order chi connectivity index (χ1) is 15.6. The number of nitrogens with zero attached hydrogens (tertiary/aromatic N) is 2. The van der Waals surface area contributed by atoms with Crippen molar-refractivity contribution in [2.75, 3.05) is 0 Å². The molecular formula is C26H16F2N4. The second-order valence-electron chi connectivity index (χ2n) is 7.71. The maximum absolute atomic E-state index is 14.6. The van der Waals surface area contributed by atoms with Crippen molar-refractivity contribution >= 4 is 46.4 Å². The smallest absolute Gasteiger partial charge is 0.131 e. The Morgan fingerprint density at radius 1 is 0.531 bits per heavy atom. The number of nitrogens with one attached hydrogen (secondary N) is 2. The molecule has 154 valence electrons. The number of halogens is 2. The van der Waals surface area contributed by atoms with Gasteiger partial charge in [0.1, 0.15) is 11.6 Å². The number of H-pyrrole nitrogens is 2. The molecule has 0 saturated heterocycles. The van der Waals surface area contributed by atoms with Crippen molar-refractivity contribution in [1.29, 1.82) is 0 Å². The van der Waals surface area contributed by atoms with E-state index in [1.54, 1.807) is 0 Å². The van der Waals surface area contributed by atoms with Crippen LogP contribution in [0.2, 0.25) is 0 Å². The third-order valence-electron chi connectivity index (χ3n) is 5.39. The summed E-state index contributed by atoms with van der Waals surface area (Å²) in [5.74, 6) is -0.983. The van der Waals surface area contributed by atoms with Gasteiger partial charge in [0, 0.05) is 33.2 Å². The molecule has 0 amide bonds. The molecule has 32 heavy (non-hydrogen) atoms. The minimum atomic E-state index is -0.494. The predicted octanol–water partition coefficient (Wildman–Crippen LogP) is 6.60. The van der Waals surface area contributed by atoms with Crippen LogP contribution in [0.25, 0.3) is 57.5 Å². The van der Waals surface area contributed by atoms with Gasteiger partial charge in [0.05, 0.1) is 22.8 Å². The molecule has 0 radical (unpaired) electrons. The minimum absolute atomic E-state index is 0.192. The topological polar surface area (TPSA) is 57.4 Å². The average Bonchev–Trinajstić information content (AvgIpc) is 3.55. The Morgan fingerprint density at radius 2 is 1.19 bits per heavy atom. The number of aromatic nitrogens is 4. The largest absolute Gasteiger partial charge is 0.355 e. The zero-order chi connectivity index (χ0) is 21.7.